The van der Waals surface area contributed by atoms with Crippen LogP contribution in [0.25, 0.3) is 0 Å². The van der Waals surface area contributed by atoms with Crippen molar-refractivity contribution in [1.82, 2.24) is 0 Å². The molecule has 0 bridgehead atoms. The van der Waals surface area contributed by atoms with Crippen LogP contribution in [0, 0.1) is 0 Å². The topological polar surface area (TPSA) is 164 Å². The first-order valence-electron chi connectivity index (χ1n) is 1.35. The second kappa shape index (κ2) is 7.43. The van der Waals surface area contributed by atoms with Gasteiger partial charge < -0.3 is 15.3 Å². The zero-order valence-corrected chi connectivity index (χ0v) is 7.43. The van der Waals surface area contributed by atoms with Crippen molar-refractivity contribution < 1.29 is 50.9 Å². The molecule has 0 unspecified atom stereocenters. The average Bonchev–Trinajstić information content (AvgIpc) is 1.19. The van der Waals surface area contributed by atoms with E-state index in [9.17, 15) is 0 Å². The van der Waals surface area contributed by atoms with Crippen molar-refractivity contribution in [3.8, 4) is 0 Å². The molecule has 0 spiro atoms. The van der Waals surface area contributed by atoms with E-state index in [0.29, 0.717) is 0 Å². The fourth-order valence-corrected chi connectivity index (χ4v) is 0. The van der Waals surface area contributed by atoms with Gasteiger partial charge >= 0.3 is 39.3 Å². The minimum atomic E-state index is -5.52. The molecular formula is H7MoO8P. The van der Waals surface area contributed by atoms with E-state index < -0.39 is 25.0 Å². The van der Waals surface area contributed by atoms with Gasteiger partial charge in [-0.1, -0.05) is 0 Å². The molecule has 0 aromatic rings. The normalized spacial score (nSPS) is 9.30. The molecule has 0 aliphatic heterocycles. The summed E-state index contributed by atoms with van der Waals surface area (Å²) in [7, 11) is -3.13. The first-order valence-corrected chi connectivity index (χ1v) is 6.09. The van der Waals surface area contributed by atoms with Gasteiger partial charge in [0.1, 0.15) is 0 Å². The summed E-state index contributed by atoms with van der Waals surface area (Å²) in [5, 5.41) is 0. The van der Waals surface area contributed by atoms with E-state index in [1.54, 1.807) is 0 Å². The molecule has 0 heterocycles. The molecule has 0 saturated carbocycles. The minimum absolute atomic E-state index is 0. The van der Waals surface area contributed by atoms with E-state index in [-0.39, 0.29) is 5.48 Å². The van der Waals surface area contributed by atoms with Crippen LogP contribution in [0.1, 0.15) is 0 Å². The van der Waals surface area contributed by atoms with Crippen molar-refractivity contribution in [1.29, 1.82) is 0 Å². The van der Waals surface area contributed by atoms with E-state index in [1.165, 1.54) is 0 Å². The third-order valence-electron chi connectivity index (χ3n) is 0. The fourth-order valence-electron chi connectivity index (χ4n) is 0. The summed E-state index contributed by atoms with van der Waals surface area (Å²) < 4.78 is 40.8. The molecule has 0 aromatic carbocycles. The molecule has 0 radical (unpaired) electrons. The quantitative estimate of drug-likeness (QED) is 0.270. The van der Waals surface area contributed by atoms with Gasteiger partial charge in [-0.25, -0.2) is 0 Å². The molecule has 6 N–H and O–H groups in total. The predicted octanol–water partition coefficient (Wildman–Crippen LogP) is -2.82. The molecule has 10 heteroatoms. The molecule has 0 rings (SSSR count). The van der Waals surface area contributed by atoms with Crippen LogP contribution in [0.4, 0.5) is 0 Å². The van der Waals surface area contributed by atoms with Crippen molar-refractivity contribution in [2.45, 2.75) is 0 Å². The monoisotopic (exact) mass is 264 g/mol. The molecule has 0 aliphatic rings. The molecule has 0 amide bonds. The maximum absolute atomic E-state index is 8.85. The molecule has 0 atom stereocenters. The molecule has 8 nitrogen and oxygen atoms in total. The van der Waals surface area contributed by atoms with Gasteiger partial charge in [-0.2, -0.15) is 0 Å². The second-order valence-electron chi connectivity index (χ2n) is 0.730. The van der Waals surface area contributed by atoms with Gasteiger partial charge in [0, 0.05) is 0 Å². The SMILES string of the molecule is O.O=[PH](O)O.[O]=[Mo](=[O])([OH])[OH]. The summed E-state index contributed by atoms with van der Waals surface area (Å²) in [6.07, 6.45) is 0. The molecular weight excluding hydrogens is 255 g/mol. The van der Waals surface area contributed by atoms with Crippen LogP contribution >= 0.6 is 8.25 Å². The number of hydrogen-bond donors (Lipinski definition) is 4. The van der Waals surface area contributed by atoms with Gasteiger partial charge in [0.15, 0.2) is 0 Å². The Kier molecular flexibility index (Phi) is 12.4. The van der Waals surface area contributed by atoms with Crippen molar-refractivity contribution >= 4 is 8.25 Å². The predicted molar refractivity (Wildman–Crippen MR) is 22.9 cm³/mol. The second-order valence-corrected chi connectivity index (χ2v) is 3.50. The van der Waals surface area contributed by atoms with Gasteiger partial charge in [-0.05, 0) is 0 Å². The summed E-state index contributed by atoms with van der Waals surface area (Å²) in [4.78, 5) is 14.3. The summed E-state index contributed by atoms with van der Waals surface area (Å²) in [6, 6.07) is 0. The first kappa shape index (κ1) is 16.7. The standard InChI is InChI=1S/Mo.H3O3P.3H2O.2O/c;1-4(2)3;;;;;/h;4H,(H2,1,2,3);3*1H2;;/q+2;;;;;;/p-2. The Bertz CT molecular complexity index is 152. The Morgan fingerprint density at radius 2 is 1.10 bits per heavy atom. The molecule has 10 heavy (non-hydrogen) atoms. The fraction of sp³-hybridized carbons (Fsp3) is 0. The van der Waals surface area contributed by atoms with E-state index in [1.807, 2.05) is 0 Å². The molecule has 0 aliphatic carbocycles. The van der Waals surface area contributed by atoms with Gasteiger partial charge in [0.25, 0.3) is 0 Å². The van der Waals surface area contributed by atoms with Crippen LogP contribution in [0.15, 0.2) is 0 Å². The molecule has 0 fully saturated rings. The Labute approximate surface area is 59.7 Å². The van der Waals surface area contributed by atoms with E-state index >= 15 is 0 Å². The Morgan fingerprint density at radius 1 is 1.10 bits per heavy atom. The van der Waals surface area contributed by atoms with Crippen molar-refractivity contribution in [3.05, 3.63) is 0 Å². The Balaban J connectivity index is -0.0000000910. The molecule has 66 valence electrons. The zero-order valence-electron chi connectivity index (χ0n) is 4.42. The van der Waals surface area contributed by atoms with Crippen molar-refractivity contribution in [3.63, 3.8) is 0 Å². The third-order valence-corrected chi connectivity index (χ3v) is 0. The van der Waals surface area contributed by atoms with Crippen LogP contribution in [-0.2, 0) is 28.1 Å². The van der Waals surface area contributed by atoms with Crippen LogP contribution in [0.5, 0.6) is 0 Å². The third kappa shape index (κ3) is 4400. The van der Waals surface area contributed by atoms with Crippen LogP contribution in [-0.4, -0.2) is 22.8 Å². The maximum atomic E-state index is 8.85. The first-order chi connectivity index (χ1) is 3.73. The average molecular weight is 262 g/mol. The summed E-state index contributed by atoms with van der Waals surface area (Å²) in [5.41, 5.74) is 0. The van der Waals surface area contributed by atoms with Crippen molar-refractivity contribution in [2.24, 2.45) is 0 Å². The van der Waals surface area contributed by atoms with Gasteiger partial charge in [0.05, 0.1) is 0 Å². The summed E-state index contributed by atoms with van der Waals surface area (Å²) >= 11 is -5.52. The molecule has 0 saturated heterocycles. The van der Waals surface area contributed by atoms with Gasteiger partial charge in [0.2, 0.25) is 0 Å². The molecule has 0 aromatic heterocycles. The van der Waals surface area contributed by atoms with Crippen LogP contribution < -0.4 is 0 Å². The summed E-state index contributed by atoms with van der Waals surface area (Å²) in [6.45, 7) is 0. The summed E-state index contributed by atoms with van der Waals surface area (Å²) in [5.74, 6) is 0. The number of rotatable bonds is 0. The van der Waals surface area contributed by atoms with E-state index in [4.69, 9.17) is 28.7 Å². The van der Waals surface area contributed by atoms with Crippen molar-refractivity contribution in [2.75, 3.05) is 0 Å². The van der Waals surface area contributed by atoms with E-state index in [2.05, 4.69) is 0 Å². The van der Waals surface area contributed by atoms with Crippen LogP contribution in [0.3, 0.4) is 0 Å². The van der Waals surface area contributed by atoms with Gasteiger partial charge in [-0.15, -0.1) is 0 Å². The Hall–Kier alpha value is 0.318. The zero-order chi connectivity index (χ0) is 8.08. The van der Waals surface area contributed by atoms with Gasteiger partial charge in [-0.3, -0.25) is 4.57 Å². The number of hydrogen-bond acceptors (Lipinski definition) is 3. The Morgan fingerprint density at radius 3 is 1.10 bits per heavy atom. The van der Waals surface area contributed by atoms with Crippen LogP contribution in [0.2, 0.25) is 0 Å². The van der Waals surface area contributed by atoms with E-state index in [0.717, 1.165) is 0 Å².